The van der Waals surface area contributed by atoms with E-state index in [1.54, 1.807) is 19.2 Å². The SMILES string of the molecule is COc1ccc2c([O-])cc(OC(C)C)nc2c1C. The summed E-state index contributed by atoms with van der Waals surface area (Å²) in [7, 11) is 1.60. The van der Waals surface area contributed by atoms with Crippen LogP contribution in [-0.4, -0.2) is 18.2 Å². The summed E-state index contributed by atoms with van der Waals surface area (Å²) in [6, 6.07) is 4.94. The molecule has 0 fully saturated rings. The van der Waals surface area contributed by atoms with E-state index in [9.17, 15) is 5.11 Å². The summed E-state index contributed by atoms with van der Waals surface area (Å²) in [5.41, 5.74) is 1.49. The molecule has 1 aromatic carbocycles. The van der Waals surface area contributed by atoms with Crippen molar-refractivity contribution in [2.45, 2.75) is 26.9 Å². The van der Waals surface area contributed by atoms with Gasteiger partial charge in [-0.15, -0.1) is 0 Å². The van der Waals surface area contributed by atoms with Crippen LogP contribution in [0.2, 0.25) is 0 Å². The van der Waals surface area contributed by atoms with Crippen LogP contribution in [0.1, 0.15) is 19.4 Å². The molecule has 18 heavy (non-hydrogen) atoms. The third-order valence-electron chi connectivity index (χ3n) is 2.70. The maximum Gasteiger partial charge on any atom is 0.213 e. The Labute approximate surface area is 106 Å². The highest BCUT2D eigenvalue weighted by Gasteiger charge is 2.08. The minimum atomic E-state index is -0.0820. The molecule has 0 saturated carbocycles. The van der Waals surface area contributed by atoms with Crippen LogP contribution in [0.4, 0.5) is 0 Å². The number of pyridine rings is 1. The Morgan fingerprint density at radius 2 is 2.00 bits per heavy atom. The van der Waals surface area contributed by atoms with E-state index in [-0.39, 0.29) is 11.9 Å². The van der Waals surface area contributed by atoms with Gasteiger partial charge in [0.15, 0.2) is 0 Å². The first-order chi connectivity index (χ1) is 8.52. The topological polar surface area (TPSA) is 54.4 Å². The van der Waals surface area contributed by atoms with Crippen molar-refractivity contribution in [3.63, 3.8) is 0 Å². The summed E-state index contributed by atoms with van der Waals surface area (Å²) < 4.78 is 10.7. The second-order valence-electron chi connectivity index (χ2n) is 4.41. The number of benzene rings is 1. The maximum atomic E-state index is 12.0. The number of hydrogen-bond donors (Lipinski definition) is 0. The zero-order valence-corrected chi connectivity index (χ0v) is 11.0. The van der Waals surface area contributed by atoms with Gasteiger partial charge in [-0.3, -0.25) is 0 Å². The Morgan fingerprint density at radius 1 is 1.28 bits per heavy atom. The summed E-state index contributed by atoms with van der Waals surface area (Å²) >= 11 is 0. The highest BCUT2D eigenvalue weighted by molar-refractivity contribution is 5.89. The van der Waals surface area contributed by atoms with Crippen LogP contribution in [0.5, 0.6) is 17.4 Å². The fourth-order valence-electron chi connectivity index (χ4n) is 1.88. The van der Waals surface area contributed by atoms with Gasteiger partial charge in [-0.2, -0.15) is 0 Å². The standard InChI is InChI=1S/C14H17NO3/c1-8(2)18-13-7-11(16)10-5-6-12(17-4)9(3)14(10)15-13/h5-8H,1-4H3,(H,15,16)/p-1. The first-order valence-electron chi connectivity index (χ1n) is 5.85. The molecule has 0 amide bonds. The molecule has 4 nitrogen and oxygen atoms in total. The van der Waals surface area contributed by atoms with Gasteiger partial charge >= 0.3 is 0 Å². The van der Waals surface area contributed by atoms with Gasteiger partial charge in [0, 0.05) is 5.56 Å². The zero-order valence-electron chi connectivity index (χ0n) is 11.0. The van der Waals surface area contributed by atoms with Crippen molar-refractivity contribution in [2.75, 3.05) is 7.11 Å². The predicted octanol–water partition coefficient (Wildman–Crippen LogP) is 2.41. The van der Waals surface area contributed by atoms with Gasteiger partial charge in [-0.05, 0) is 44.4 Å². The lowest BCUT2D eigenvalue weighted by atomic mass is 10.1. The molecule has 96 valence electrons. The molecule has 0 N–H and O–H groups in total. The first-order valence-corrected chi connectivity index (χ1v) is 5.85. The maximum absolute atomic E-state index is 12.0. The van der Waals surface area contributed by atoms with Crippen LogP contribution < -0.4 is 14.6 Å². The number of nitrogens with zero attached hydrogens (tertiary/aromatic N) is 1. The van der Waals surface area contributed by atoms with Gasteiger partial charge in [-0.1, -0.05) is 5.75 Å². The van der Waals surface area contributed by atoms with Crippen molar-refractivity contribution in [3.05, 3.63) is 23.8 Å². The molecule has 0 bridgehead atoms. The van der Waals surface area contributed by atoms with Gasteiger partial charge in [0.05, 0.1) is 18.7 Å². The van der Waals surface area contributed by atoms with Crippen molar-refractivity contribution < 1.29 is 14.6 Å². The van der Waals surface area contributed by atoms with Crippen LogP contribution in [0.25, 0.3) is 10.9 Å². The lowest BCUT2D eigenvalue weighted by Crippen LogP contribution is -2.08. The number of hydrogen-bond acceptors (Lipinski definition) is 4. The van der Waals surface area contributed by atoms with Gasteiger partial charge in [-0.25, -0.2) is 4.98 Å². The largest absolute Gasteiger partial charge is 0.872 e. The molecule has 1 aromatic heterocycles. The molecule has 0 aliphatic carbocycles. The second kappa shape index (κ2) is 4.72. The highest BCUT2D eigenvalue weighted by Crippen LogP contribution is 2.32. The number of fused-ring (bicyclic) bond motifs is 1. The number of methoxy groups -OCH3 is 1. The van der Waals surface area contributed by atoms with Gasteiger partial charge in [0.2, 0.25) is 5.88 Å². The summed E-state index contributed by atoms with van der Waals surface area (Å²) in [6.45, 7) is 5.68. The van der Waals surface area contributed by atoms with Gasteiger partial charge in [0.1, 0.15) is 5.75 Å². The second-order valence-corrected chi connectivity index (χ2v) is 4.41. The van der Waals surface area contributed by atoms with E-state index in [1.807, 2.05) is 20.8 Å². The Balaban J connectivity index is 2.64. The van der Waals surface area contributed by atoms with Crippen LogP contribution >= 0.6 is 0 Å². The van der Waals surface area contributed by atoms with E-state index >= 15 is 0 Å². The number of aromatic nitrogens is 1. The van der Waals surface area contributed by atoms with Crippen molar-refractivity contribution in [1.82, 2.24) is 4.98 Å². The number of aryl methyl sites for hydroxylation is 1. The molecule has 0 atom stereocenters. The quantitative estimate of drug-likeness (QED) is 0.834. The highest BCUT2D eigenvalue weighted by atomic mass is 16.5. The molecular formula is C14H16NO3-. The van der Waals surface area contributed by atoms with E-state index < -0.39 is 0 Å². The average molecular weight is 246 g/mol. The minimum Gasteiger partial charge on any atom is -0.872 e. The van der Waals surface area contributed by atoms with Crippen molar-refractivity contribution in [3.8, 4) is 17.4 Å². The summed E-state index contributed by atoms with van der Waals surface area (Å²) in [4.78, 5) is 4.38. The van der Waals surface area contributed by atoms with Crippen molar-refractivity contribution >= 4 is 10.9 Å². The van der Waals surface area contributed by atoms with E-state index in [2.05, 4.69) is 4.98 Å². The molecule has 2 aromatic rings. The fraction of sp³-hybridized carbons (Fsp3) is 0.357. The van der Waals surface area contributed by atoms with Crippen molar-refractivity contribution in [2.24, 2.45) is 0 Å². The van der Waals surface area contributed by atoms with Crippen LogP contribution in [0, 0.1) is 6.92 Å². The van der Waals surface area contributed by atoms with E-state index in [4.69, 9.17) is 9.47 Å². The average Bonchev–Trinajstić information content (AvgIpc) is 2.30. The Kier molecular flexibility index (Phi) is 3.28. The molecule has 1 heterocycles. The van der Waals surface area contributed by atoms with Crippen LogP contribution in [0.3, 0.4) is 0 Å². The Morgan fingerprint density at radius 3 is 2.61 bits per heavy atom. The van der Waals surface area contributed by atoms with Crippen molar-refractivity contribution in [1.29, 1.82) is 0 Å². The molecule has 0 aliphatic rings. The summed E-state index contributed by atoms with van der Waals surface area (Å²) in [6.07, 6.45) is -0.0136. The Bertz CT molecular complexity index is 579. The van der Waals surface area contributed by atoms with Crippen LogP contribution in [0.15, 0.2) is 18.2 Å². The molecule has 0 saturated heterocycles. The zero-order chi connectivity index (χ0) is 13.3. The first kappa shape index (κ1) is 12.5. The fourth-order valence-corrected chi connectivity index (χ4v) is 1.88. The lowest BCUT2D eigenvalue weighted by molar-refractivity contribution is -0.266. The monoisotopic (exact) mass is 246 g/mol. The van der Waals surface area contributed by atoms with E-state index in [0.717, 1.165) is 11.3 Å². The number of rotatable bonds is 3. The molecular weight excluding hydrogens is 230 g/mol. The molecule has 0 aliphatic heterocycles. The van der Waals surface area contributed by atoms with Gasteiger partial charge in [0.25, 0.3) is 0 Å². The van der Waals surface area contributed by atoms with E-state index in [0.29, 0.717) is 16.8 Å². The van der Waals surface area contributed by atoms with Gasteiger partial charge < -0.3 is 14.6 Å². The third-order valence-corrected chi connectivity index (χ3v) is 2.70. The predicted molar refractivity (Wildman–Crippen MR) is 68.2 cm³/mol. The smallest absolute Gasteiger partial charge is 0.213 e. The Hall–Kier alpha value is -1.97. The molecule has 4 heteroatoms. The third kappa shape index (κ3) is 2.18. The molecule has 0 spiro atoms. The molecule has 2 rings (SSSR count). The molecule has 0 unspecified atom stereocenters. The normalized spacial score (nSPS) is 10.9. The number of ether oxygens (including phenoxy) is 2. The minimum absolute atomic E-state index is 0.0136. The summed E-state index contributed by atoms with van der Waals surface area (Å²) in [5.74, 6) is 0.997. The lowest BCUT2D eigenvalue weighted by Gasteiger charge is -2.17. The van der Waals surface area contributed by atoms with E-state index in [1.165, 1.54) is 6.07 Å². The summed E-state index contributed by atoms with van der Waals surface area (Å²) in [5, 5.41) is 12.6. The van der Waals surface area contributed by atoms with Crippen LogP contribution in [-0.2, 0) is 0 Å². The molecule has 0 radical (unpaired) electrons.